The Morgan fingerprint density at radius 1 is 1.69 bits per heavy atom. The van der Waals surface area contributed by atoms with Crippen LogP contribution in [0.25, 0.3) is 0 Å². The molecule has 86 valence electrons. The smallest absolute Gasteiger partial charge is 0.323 e. The average Bonchev–Trinajstić information content (AvgIpc) is 2.25. The molecule has 1 saturated carbocycles. The molecule has 0 heterocycles. The number of carbonyl (C=O) groups is 2. The van der Waals surface area contributed by atoms with Crippen molar-refractivity contribution in [3.8, 4) is 0 Å². The first-order valence-electron chi connectivity index (χ1n) is 5.71. The van der Waals surface area contributed by atoms with Crippen molar-refractivity contribution in [2.24, 2.45) is 11.3 Å². The lowest BCUT2D eigenvalue weighted by atomic mass is 9.63. The molecule has 0 aromatic carbocycles. The summed E-state index contributed by atoms with van der Waals surface area (Å²) in [5.41, 5.74) is -0.190. The van der Waals surface area contributed by atoms with Gasteiger partial charge in [0, 0.05) is 5.92 Å². The lowest BCUT2D eigenvalue weighted by molar-refractivity contribution is -0.160. The fraction of sp³-hybridized carbons (Fsp3) is 0.538. The van der Waals surface area contributed by atoms with Gasteiger partial charge in [0.2, 0.25) is 0 Å². The molecule has 0 saturated heterocycles. The minimum Gasteiger partial charge on any atom is -0.465 e. The molecule has 0 amide bonds. The summed E-state index contributed by atoms with van der Waals surface area (Å²) < 4.78 is 5.02. The molecule has 3 nitrogen and oxygen atoms in total. The second-order valence-corrected chi connectivity index (χ2v) is 4.41. The highest BCUT2D eigenvalue weighted by Gasteiger charge is 2.52. The molecule has 2 aliphatic rings. The van der Waals surface area contributed by atoms with Gasteiger partial charge in [0.25, 0.3) is 0 Å². The molecule has 0 aliphatic heterocycles. The molecule has 0 aromatic heterocycles. The quantitative estimate of drug-likeness (QED) is 0.528. The fourth-order valence-electron chi connectivity index (χ4n) is 2.57. The highest BCUT2D eigenvalue weighted by atomic mass is 16.5. The lowest BCUT2D eigenvalue weighted by Gasteiger charge is -2.38. The maximum absolute atomic E-state index is 12.2. The van der Waals surface area contributed by atoms with E-state index in [9.17, 15) is 9.59 Å². The Balaban J connectivity index is 2.38. The molecule has 0 N–H and O–H groups in total. The molecule has 0 spiro atoms. The summed E-state index contributed by atoms with van der Waals surface area (Å²) in [7, 11) is 0. The second kappa shape index (κ2) is 3.89. The summed E-state index contributed by atoms with van der Waals surface area (Å²) in [6.45, 7) is 5.93. The second-order valence-electron chi connectivity index (χ2n) is 4.41. The Kier molecular flexibility index (Phi) is 2.70. The van der Waals surface area contributed by atoms with Crippen molar-refractivity contribution in [1.29, 1.82) is 0 Å². The third-order valence-electron chi connectivity index (χ3n) is 3.49. The molecule has 2 atom stereocenters. The Labute approximate surface area is 95.2 Å². The number of ketones is 1. The van der Waals surface area contributed by atoms with Crippen molar-refractivity contribution in [2.75, 3.05) is 6.61 Å². The molecular formula is C13H16O3. The minimum atomic E-state index is -1.01. The summed E-state index contributed by atoms with van der Waals surface area (Å²) in [5, 5.41) is 0. The Morgan fingerprint density at radius 2 is 2.44 bits per heavy atom. The number of hydrogen-bond acceptors (Lipinski definition) is 3. The number of fused-ring (bicyclic) bond motifs is 2. The SMILES string of the molecule is C=C1C=CC2(C(=O)OCC)CCCC1C2=O. The minimum absolute atomic E-state index is 0.0234. The van der Waals surface area contributed by atoms with Crippen molar-refractivity contribution in [3.05, 3.63) is 24.3 Å². The summed E-state index contributed by atoms with van der Waals surface area (Å²) in [6.07, 6.45) is 5.75. The van der Waals surface area contributed by atoms with Crippen LogP contribution in [0.3, 0.4) is 0 Å². The van der Waals surface area contributed by atoms with Crippen LogP contribution < -0.4 is 0 Å². The van der Waals surface area contributed by atoms with Gasteiger partial charge in [0.15, 0.2) is 5.78 Å². The summed E-state index contributed by atoms with van der Waals surface area (Å²) in [5.74, 6) is -0.596. The number of esters is 1. The number of ether oxygens (including phenoxy) is 1. The number of rotatable bonds is 2. The fourth-order valence-corrected chi connectivity index (χ4v) is 2.57. The molecular weight excluding hydrogens is 204 g/mol. The van der Waals surface area contributed by atoms with Crippen LogP contribution in [0.5, 0.6) is 0 Å². The van der Waals surface area contributed by atoms with E-state index in [1.165, 1.54) is 0 Å². The predicted octanol–water partition coefficient (Wildman–Crippen LogP) is 2.03. The van der Waals surface area contributed by atoms with Crippen molar-refractivity contribution >= 4 is 11.8 Å². The number of hydrogen-bond donors (Lipinski definition) is 0. The molecule has 1 fully saturated rings. The van der Waals surface area contributed by atoms with E-state index in [0.717, 1.165) is 18.4 Å². The van der Waals surface area contributed by atoms with Gasteiger partial charge in [0.1, 0.15) is 5.41 Å². The van der Waals surface area contributed by atoms with Gasteiger partial charge in [-0.25, -0.2) is 0 Å². The molecule has 2 aliphatic carbocycles. The predicted molar refractivity (Wildman–Crippen MR) is 59.7 cm³/mol. The van der Waals surface area contributed by atoms with Gasteiger partial charge in [-0.3, -0.25) is 9.59 Å². The molecule has 2 unspecified atom stereocenters. The molecule has 2 rings (SSSR count). The maximum atomic E-state index is 12.2. The topological polar surface area (TPSA) is 43.4 Å². The van der Waals surface area contributed by atoms with Crippen LogP contribution in [0.2, 0.25) is 0 Å². The number of allylic oxidation sites excluding steroid dienone is 2. The van der Waals surface area contributed by atoms with E-state index in [2.05, 4.69) is 6.58 Å². The lowest BCUT2D eigenvalue weighted by Crippen LogP contribution is -2.47. The standard InChI is InChI=1S/C13H16O3/c1-3-16-12(15)13-7-4-5-10(11(13)14)9(2)6-8-13/h6,8,10H,2-5,7H2,1H3. The van der Waals surface area contributed by atoms with E-state index in [1.54, 1.807) is 13.0 Å². The van der Waals surface area contributed by atoms with E-state index < -0.39 is 11.4 Å². The van der Waals surface area contributed by atoms with Gasteiger partial charge in [-0.2, -0.15) is 0 Å². The third kappa shape index (κ3) is 1.42. The van der Waals surface area contributed by atoms with Crippen molar-refractivity contribution in [3.63, 3.8) is 0 Å². The summed E-state index contributed by atoms with van der Waals surface area (Å²) in [4.78, 5) is 24.2. The van der Waals surface area contributed by atoms with E-state index >= 15 is 0 Å². The highest BCUT2D eigenvalue weighted by Crippen LogP contribution is 2.44. The van der Waals surface area contributed by atoms with Crippen LogP contribution in [0.15, 0.2) is 24.3 Å². The van der Waals surface area contributed by atoms with Crippen LogP contribution in [0.4, 0.5) is 0 Å². The first-order chi connectivity index (χ1) is 7.62. The number of Topliss-reactive ketones (excluding diaryl/α,β-unsaturated/α-hetero) is 1. The van der Waals surface area contributed by atoms with E-state index in [-0.39, 0.29) is 11.7 Å². The Morgan fingerprint density at radius 3 is 3.12 bits per heavy atom. The van der Waals surface area contributed by atoms with Gasteiger partial charge in [-0.1, -0.05) is 25.2 Å². The first kappa shape index (κ1) is 11.1. The van der Waals surface area contributed by atoms with E-state index in [1.807, 2.05) is 6.08 Å². The van der Waals surface area contributed by atoms with Crippen LogP contribution in [0, 0.1) is 11.3 Å². The zero-order chi connectivity index (χ0) is 11.8. The highest BCUT2D eigenvalue weighted by molar-refractivity contribution is 6.09. The molecule has 16 heavy (non-hydrogen) atoms. The van der Waals surface area contributed by atoms with Gasteiger partial charge < -0.3 is 4.74 Å². The third-order valence-corrected chi connectivity index (χ3v) is 3.49. The monoisotopic (exact) mass is 220 g/mol. The zero-order valence-corrected chi connectivity index (χ0v) is 9.49. The summed E-state index contributed by atoms with van der Waals surface area (Å²) >= 11 is 0. The Bertz CT molecular complexity index is 381. The van der Waals surface area contributed by atoms with Crippen molar-refractivity contribution in [2.45, 2.75) is 26.2 Å². The van der Waals surface area contributed by atoms with Crippen LogP contribution in [0.1, 0.15) is 26.2 Å². The van der Waals surface area contributed by atoms with E-state index in [4.69, 9.17) is 4.74 Å². The van der Waals surface area contributed by atoms with Gasteiger partial charge >= 0.3 is 5.97 Å². The summed E-state index contributed by atoms with van der Waals surface area (Å²) in [6, 6.07) is 0. The van der Waals surface area contributed by atoms with Crippen molar-refractivity contribution < 1.29 is 14.3 Å². The van der Waals surface area contributed by atoms with Crippen LogP contribution in [-0.2, 0) is 14.3 Å². The average molecular weight is 220 g/mol. The first-order valence-corrected chi connectivity index (χ1v) is 5.71. The van der Waals surface area contributed by atoms with Gasteiger partial charge in [-0.15, -0.1) is 0 Å². The van der Waals surface area contributed by atoms with Crippen LogP contribution in [-0.4, -0.2) is 18.4 Å². The normalized spacial score (nSPS) is 32.7. The van der Waals surface area contributed by atoms with Crippen LogP contribution >= 0.6 is 0 Å². The molecule has 3 heteroatoms. The molecule has 0 radical (unpaired) electrons. The van der Waals surface area contributed by atoms with Gasteiger partial charge in [0.05, 0.1) is 6.61 Å². The van der Waals surface area contributed by atoms with E-state index in [0.29, 0.717) is 13.0 Å². The Hall–Kier alpha value is -1.38. The largest absolute Gasteiger partial charge is 0.465 e. The number of carbonyl (C=O) groups excluding carboxylic acids is 2. The molecule has 0 aromatic rings. The zero-order valence-electron chi connectivity index (χ0n) is 9.49. The van der Waals surface area contributed by atoms with Crippen molar-refractivity contribution in [1.82, 2.24) is 0 Å². The van der Waals surface area contributed by atoms with Gasteiger partial charge in [-0.05, 0) is 25.3 Å². The molecule has 2 bridgehead atoms. The maximum Gasteiger partial charge on any atom is 0.323 e.